The molecule has 156 valence electrons. The van der Waals surface area contributed by atoms with Gasteiger partial charge in [-0.25, -0.2) is 4.68 Å². The van der Waals surface area contributed by atoms with Gasteiger partial charge in [0, 0.05) is 5.02 Å². The van der Waals surface area contributed by atoms with Gasteiger partial charge in [-0.05, 0) is 55.0 Å². The minimum absolute atomic E-state index is 0.0993. The molecular weight excluding hydrogens is 418 g/mol. The van der Waals surface area contributed by atoms with Crippen molar-refractivity contribution in [2.24, 2.45) is 0 Å². The second kappa shape index (κ2) is 8.49. The average molecular weight is 436 g/mol. The summed E-state index contributed by atoms with van der Waals surface area (Å²) < 4.78 is 12.0. The van der Waals surface area contributed by atoms with Gasteiger partial charge in [-0.15, -0.1) is 0 Å². The van der Waals surface area contributed by atoms with Gasteiger partial charge >= 0.3 is 0 Å². The molecule has 1 N–H and O–H groups in total. The first-order chi connectivity index (χ1) is 15.0. The summed E-state index contributed by atoms with van der Waals surface area (Å²) in [4.78, 5) is 26.0. The predicted octanol–water partition coefficient (Wildman–Crippen LogP) is 4.72. The Bertz CT molecular complexity index is 1310. The topological polar surface area (TPSA) is 86.4 Å². The highest BCUT2D eigenvalue weighted by atomic mass is 35.5. The molecule has 0 radical (unpaired) electrons. The summed E-state index contributed by atoms with van der Waals surface area (Å²) in [6.07, 6.45) is 1.40. The lowest BCUT2D eigenvalue weighted by Crippen LogP contribution is -2.24. The normalized spacial score (nSPS) is 10.7. The average Bonchev–Trinajstić information content (AvgIpc) is 3.31. The van der Waals surface area contributed by atoms with Crippen LogP contribution in [0.5, 0.6) is 5.75 Å². The molecular formula is C23H18ClN3O4. The number of furan rings is 1. The SMILES string of the molecule is COc1cccc(-c2c(NC(=O)c3ccco3)n(-c3cccc(Cl)c3)nc(C)c2=O)c1. The third kappa shape index (κ3) is 4.08. The van der Waals surface area contributed by atoms with E-state index in [9.17, 15) is 9.59 Å². The Kier molecular flexibility index (Phi) is 5.60. The molecule has 8 heteroatoms. The van der Waals surface area contributed by atoms with Crippen LogP contribution in [0.25, 0.3) is 16.8 Å². The van der Waals surface area contributed by atoms with E-state index in [4.69, 9.17) is 20.8 Å². The van der Waals surface area contributed by atoms with Crippen LogP contribution in [0.1, 0.15) is 16.2 Å². The molecule has 4 rings (SSSR count). The molecule has 7 nitrogen and oxygen atoms in total. The quantitative estimate of drug-likeness (QED) is 0.490. The fourth-order valence-corrected chi connectivity index (χ4v) is 3.36. The van der Waals surface area contributed by atoms with Crippen LogP contribution >= 0.6 is 11.6 Å². The van der Waals surface area contributed by atoms with Gasteiger partial charge in [-0.2, -0.15) is 5.10 Å². The second-order valence-electron chi connectivity index (χ2n) is 6.69. The number of carbonyl (C=O) groups excluding carboxylic acids is 1. The molecule has 0 aliphatic rings. The van der Waals surface area contributed by atoms with Crippen molar-refractivity contribution < 1.29 is 13.9 Å². The molecule has 2 aromatic heterocycles. The maximum absolute atomic E-state index is 13.2. The number of halogens is 1. The molecule has 0 atom stereocenters. The highest BCUT2D eigenvalue weighted by molar-refractivity contribution is 6.30. The van der Waals surface area contributed by atoms with Gasteiger partial charge in [0.1, 0.15) is 17.3 Å². The van der Waals surface area contributed by atoms with Gasteiger partial charge in [-0.3, -0.25) is 9.59 Å². The van der Waals surface area contributed by atoms with Gasteiger partial charge in [0.05, 0.1) is 24.6 Å². The van der Waals surface area contributed by atoms with Crippen molar-refractivity contribution in [2.45, 2.75) is 6.92 Å². The lowest BCUT2D eigenvalue weighted by Gasteiger charge is -2.18. The zero-order valence-corrected chi connectivity index (χ0v) is 17.5. The van der Waals surface area contributed by atoms with Crippen LogP contribution in [-0.2, 0) is 0 Å². The van der Waals surface area contributed by atoms with Crippen LogP contribution in [0.3, 0.4) is 0 Å². The summed E-state index contributed by atoms with van der Waals surface area (Å²) in [5.41, 5.74) is 1.36. The van der Waals surface area contributed by atoms with E-state index in [1.165, 1.54) is 17.0 Å². The Hall–Kier alpha value is -3.84. The molecule has 31 heavy (non-hydrogen) atoms. The van der Waals surface area contributed by atoms with Gasteiger partial charge in [0.2, 0.25) is 5.43 Å². The Morgan fingerprint density at radius 3 is 2.65 bits per heavy atom. The van der Waals surface area contributed by atoms with E-state index in [1.54, 1.807) is 68.6 Å². The molecule has 0 saturated heterocycles. The molecule has 2 heterocycles. The molecule has 0 bridgehead atoms. The van der Waals surface area contributed by atoms with Crippen LogP contribution < -0.4 is 15.5 Å². The molecule has 4 aromatic rings. The number of amides is 1. The van der Waals surface area contributed by atoms with Gasteiger partial charge in [0.15, 0.2) is 5.76 Å². The van der Waals surface area contributed by atoms with E-state index in [0.717, 1.165) is 0 Å². The first kappa shape index (κ1) is 20.4. The van der Waals surface area contributed by atoms with E-state index < -0.39 is 5.91 Å². The van der Waals surface area contributed by atoms with Crippen molar-refractivity contribution in [2.75, 3.05) is 12.4 Å². The molecule has 0 aliphatic heterocycles. The van der Waals surface area contributed by atoms with E-state index in [-0.39, 0.29) is 28.3 Å². The number of methoxy groups -OCH3 is 1. The predicted molar refractivity (Wildman–Crippen MR) is 118 cm³/mol. The van der Waals surface area contributed by atoms with Crippen LogP contribution in [0.2, 0.25) is 5.02 Å². The summed E-state index contributed by atoms with van der Waals surface area (Å²) in [7, 11) is 1.54. The van der Waals surface area contributed by atoms with Gasteiger partial charge < -0.3 is 14.5 Å². The molecule has 0 spiro atoms. The Morgan fingerprint density at radius 1 is 1.13 bits per heavy atom. The fraction of sp³-hybridized carbons (Fsp3) is 0.0870. The number of rotatable bonds is 5. The number of benzene rings is 2. The van der Waals surface area contributed by atoms with E-state index in [0.29, 0.717) is 22.0 Å². The summed E-state index contributed by atoms with van der Waals surface area (Å²) in [6.45, 7) is 1.62. The third-order valence-corrected chi connectivity index (χ3v) is 4.88. The van der Waals surface area contributed by atoms with Crippen molar-refractivity contribution in [3.8, 4) is 22.6 Å². The highest BCUT2D eigenvalue weighted by Gasteiger charge is 2.22. The van der Waals surface area contributed by atoms with Crippen molar-refractivity contribution in [1.82, 2.24) is 9.78 Å². The Balaban J connectivity index is 2.00. The first-order valence-corrected chi connectivity index (χ1v) is 9.75. The molecule has 0 fully saturated rings. The molecule has 2 aromatic carbocycles. The van der Waals surface area contributed by atoms with Crippen molar-refractivity contribution in [1.29, 1.82) is 0 Å². The second-order valence-corrected chi connectivity index (χ2v) is 7.13. The zero-order chi connectivity index (χ0) is 22.0. The standard InChI is InChI=1S/C23H18ClN3O4/c1-14-21(28)20(15-6-3-9-18(12-15)30-2)22(25-23(29)19-10-5-11-31-19)27(26-14)17-8-4-7-16(24)13-17/h3-13H,1-2H3,(H,25,29). The lowest BCUT2D eigenvalue weighted by molar-refractivity contribution is 0.0996. The minimum atomic E-state index is -0.519. The smallest absolute Gasteiger partial charge is 0.292 e. The summed E-state index contributed by atoms with van der Waals surface area (Å²) >= 11 is 6.18. The number of hydrogen-bond acceptors (Lipinski definition) is 5. The van der Waals surface area contributed by atoms with Crippen molar-refractivity contribution in [3.05, 3.63) is 93.6 Å². The number of anilines is 1. The summed E-state index contributed by atoms with van der Waals surface area (Å²) in [5, 5.41) is 7.69. The maximum atomic E-state index is 13.2. The van der Waals surface area contributed by atoms with Crippen LogP contribution in [0.15, 0.2) is 76.1 Å². The molecule has 0 aliphatic carbocycles. The lowest BCUT2D eigenvalue weighted by atomic mass is 10.0. The Labute approximate surface area is 182 Å². The fourth-order valence-electron chi connectivity index (χ4n) is 3.17. The van der Waals surface area contributed by atoms with Crippen LogP contribution in [-0.4, -0.2) is 22.8 Å². The Morgan fingerprint density at radius 2 is 1.94 bits per heavy atom. The first-order valence-electron chi connectivity index (χ1n) is 9.37. The highest BCUT2D eigenvalue weighted by Crippen LogP contribution is 2.30. The molecule has 0 unspecified atom stereocenters. The number of nitrogens with zero attached hydrogens (tertiary/aromatic N) is 2. The van der Waals surface area contributed by atoms with Gasteiger partial charge in [-0.1, -0.05) is 29.8 Å². The van der Waals surface area contributed by atoms with Crippen LogP contribution in [0.4, 0.5) is 5.82 Å². The number of hydrogen-bond donors (Lipinski definition) is 1. The zero-order valence-electron chi connectivity index (χ0n) is 16.8. The monoisotopic (exact) mass is 435 g/mol. The third-order valence-electron chi connectivity index (χ3n) is 4.64. The number of aryl methyl sites for hydroxylation is 1. The van der Waals surface area contributed by atoms with E-state index in [1.807, 2.05) is 0 Å². The number of aromatic nitrogens is 2. The van der Waals surface area contributed by atoms with Crippen molar-refractivity contribution >= 4 is 23.3 Å². The summed E-state index contributed by atoms with van der Waals surface area (Å²) in [5.74, 6) is 0.341. The molecule has 1 amide bonds. The number of ether oxygens (including phenoxy) is 1. The largest absolute Gasteiger partial charge is 0.497 e. The van der Waals surface area contributed by atoms with Gasteiger partial charge in [0.25, 0.3) is 5.91 Å². The maximum Gasteiger partial charge on any atom is 0.292 e. The molecule has 0 saturated carbocycles. The van der Waals surface area contributed by atoms with E-state index >= 15 is 0 Å². The summed E-state index contributed by atoms with van der Waals surface area (Å²) in [6, 6.07) is 17.1. The van der Waals surface area contributed by atoms with Crippen LogP contribution in [0, 0.1) is 6.92 Å². The minimum Gasteiger partial charge on any atom is -0.497 e. The van der Waals surface area contributed by atoms with Crippen molar-refractivity contribution in [3.63, 3.8) is 0 Å². The number of carbonyl (C=O) groups is 1. The number of nitrogens with one attached hydrogen (secondary N) is 1. The van der Waals surface area contributed by atoms with E-state index in [2.05, 4.69) is 10.4 Å².